The second-order valence-corrected chi connectivity index (χ2v) is 5.31. The van der Waals surface area contributed by atoms with Crippen LogP contribution in [0.5, 0.6) is 0 Å². The van der Waals surface area contributed by atoms with E-state index >= 15 is 0 Å². The van der Waals surface area contributed by atoms with Crippen LogP contribution in [0, 0.1) is 0 Å². The van der Waals surface area contributed by atoms with Crippen LogP contribution in [0.25, 0.3) is 0 Å². The van der Waals surface area contributed by atoms with Crippen LogP contribution in [0.4, 0.5) is 0 Å². The monoisotopic (exact) mass is 306 g/mol. The van der Waals surface area contributed by atoms with Crippen molar-refractivity contribution in [2.45, 2.75) is 79.3 Å². The van der Waals surface area contributed by atoms with E-state index in [1.54, 1.807) is 0 Å². The van der Waals surface area contributed by atoms with Crippen molar-refractivity contribution in [2.24, 2.45) is 0 Å². The van der Waals surface area contributed by atoms with Gasteiger partial charge >= 0.3 is 0 Å². The van der Waals surface area contributed by atoms with Gasteiger partial charge < -0.3 is 9.13 Å². The SMILES string of the molecule is CCCC.CCCCn1ccnc1.CCCCn1ccnc1. The number of aromatic nitrogens is 4. The maximum Gasteiger partial charge on any atom is 0.0945 e. The predicted molar refractivity (Wildman–Crippen MR) is 94.9 cm³/mol. The normalized spacial score (nSPS) is 9.45. The zero-order chi connectivity index (χ0) is 16.5. The average molecular weight is 306 g/mol. The highest BCUT2D eigenvalue weighted by Gasteiger charge is 1.86. The molecule has 0 saturated carbocycles. The minimum atomic E-state index is 1.11. The lowest BCUT2D eigenvalue weighted by Gasteiger charge is -1.96. The van der Waals surface area contributed by atoms with Crippen molar-refractivity contribution in [3.63, 3.8) is 0 Å². The molecule has 0 unspecified atom stereocenters. The summed E-state index contributed by atoms with van der Waals surface area (Å²) >= 11 is 0. The standard InChI is InChI=1S/2C7H12N2.C4H10/c2*1-2-3-5-9-6-4-8-7-9;1-3-4-2/h2*4,6-7H,2-3,5H2,1H3;3-4H2,1-2H3. The lowest BCUT2D eigenvalue weighted by atomic mass is 10.3. The summed E-state index contributed by atoms with van der Waals surface area (Å²) in [5, 5.41) is 0. The second kappa shape index (κ2) is 15.8. The van der Waals surface area contributed by atoms with Crippen molar-refractivity contribution in [3.8, 4) is 0 Å². The van der Waals surface area contributed by atoms with Crippen LogP contribution in [-0.4, -0.2) is 19.1 Å². The van der Waals surface area contributed by atoms with Gasteiger partial charge in [0.15, 0.2) is 0 Å². The van der Waals surface area contributed by atoms with E-state index in [2.05, 4.69) is 46.8 Å². The van der Waals surface area contributed by atoms with E-state index in [0.29, 0.717) is 0 Å². The summed E-state index contributed by atoms with van der Waals surface area (Å²) < 4.78 is 4.20. The molecular weight excluding hydrogens is 272 g/mol. The molecule has 0 amide bonds. The van der Waals surface area contributed by atoms with Crippen molar-refractivity contribution in [1.29, 1.82) is 0 Å². The first-order valence-corrected chi connectivity index (χ1v) is 8.69. The van der Waals surface area contributed by atoms with Crippen LogP contribution in [0.2, 0.25) is 0 Å². The topological polar surface area (TPSA) is 35.6 Å². The van der Waals surface area contributed by atoms with Gasteiger partial charge in [-0.3, -0.25) is 0 Å². The first-order valence-electron chi connectivity index (χ1n) is 8.69. The number of aryl methyl sites for hydroxylation is 2. The van der Waals surface area contributed by atoms with Crippen molar-refractivity contribution in [2.75, 3.05) is 0 Å². The maximum atomic E-state index is 3.94. The summed E-state index contributed by atoms with van der Waals surface area (Å²) in [7, 11) is 0. The van der Waals surface area contributed by atoms with Gasteiger partial charge in [-0.05, 0) is 12.8 Å². The zero-order valence-electron chi connectivity index (χ0n) is 14.9. The second-order valence-electron chi connectivity index (χ2n) is 5.31. The molecule has 4 heteroatoms. The van der Waals surface area contributed by atoms with Crippen LogP contribution in [0.3, 0.4) is 0 Å². The highest BCUT2D eigenvalue weighted by Crippen LogP contribution is 1.93. The predicted octanol–water partition coefficient (Wildman–Crippen LogP) is 5.17. The molecule has 0 atom stereocenters. The van der Waals surface area contributed by atoms with Gasteiger partial charge in [-0.25, -0.2) is 9.97 Å². The third-order valence-electron chi connectivity index (χ3n) is 3.16. The number of unbranched alkanes of at least 4 members (excludes halogenated alkanes) is 3. The molecule has 2 aromatic rings. The van der Waals surface area contributed by atoms with E-state index < -0.39 is 0 Å². The molecule has 0 aliphatic carbocycles. The van der Waals surface area contributed by atoms with E-state index in [1.807, 2.05) is 37.4 Å². The smallest absolute Gasteiger partial charge is 0.0945 e. The molecular formula is C18H34N4. The largest absolute Gasteiger partial charge is 0.337 e. The summed E-state index contributed by atoms with van der Waals surface area (Å²) in [5.74, 6) is 0. The minimum Gasteiger partial charge on any atom is -0.337 e. The molecule has 4 nitrogen and oxygen atoms in total. The lowest BCUT2D eigenvalue weighted by molar-refractivity contribution is 0.631. The minimum absolute atomic E-state index is 1.11. The van der Waals surface area contributed by atoms with Crippen molar-refractivity contribution < 1.29 is 0 Å². The van der Waals surface area contributed by atoms with Crippen LogP contribution < -0.4 is 0 Å². The molecule has 0 bridgehead atoms. The van der Waals surface area contributed by atoms with Crippen molar-refractivity contribution in [1.82, 2.24) is 19.1 Å². The molecule has 0 saturated heterocycles. The van der Waals surface area contributed by atoms with E-state index in [4.69, 9.17) is 0 Å². The van der Waals surface area contributed by atoms with Gasteiger partial charge in [0.25, 0.3) is 0 Å². The Kier molecular flexibility index (Phi) is 14.7. The van der Waals surface area contributed by atoms with Crippen LogP contribution in [0.1, 0.15) is 66.2 Å². The molecule has 2 rings (SSSR count). The molecule has 22 heavy (non-hydrogen) atoms. The van der Waals surface area contributed by atoms with Crippen LogP contribution in [0.15, 0.2) is 37.4 Å². The Morgan fingerprint density at radius 1 is 0.636 bits per heavy atom. The molecule has 0 aliphatic heterocycles. The summed E-state index contributed by atoms with van der Waals surface area (Å²) in [6.45, 7) is 11.0. The van der Waals surface area contributed by atoms with Gasteiger partial charge in [0.05, 0.1) is 12.7 Å². The number of imidazole rings is 2. The highest BCUT2D eigenvalue weighted by atomic mass is 15.0. The fraction of sp³-hybridized carbons (Fsp3) is 0.667. The Balaban J connectivity index is 0.000000326. The van der Waals surface area contributed by atoms with Crippen LogP contribution >= 0.6 is 0 Å². The third-order valence-corrected chi connectivity index (χ3v) is 3.16. The summed E-state index contributed by atoms with van der Waals surface area (Å²) in [4.78, 5) is 7.88. The first kappa shape index (κ1) is 20.4. The molecule has 0 spiro atoms. The molecule has 2 heterocycles. The van der Waals surface area contributed by atoms with Crippen LogP contribution in [-0.2, 0) is 13.1 Å². The van der Waals surface area contributed by atoms with Gasteiger partial charge in [0.1, 0.15) is 0 Å². The fourth-order valence-corrected chi connectivity index (χ4v) is 1.52. The average Bonchev–Trinajstić information content (AvgIpc) is 3.25. The Morgan fingerprint density at radius 2 is 1.05 bits per heavy atom. The van der Waals surface area contributed by atoms with E-state index in [-0.39, 0.29) is 0 Å². The number of hydrogen-bond donors (Lipinski definition) is 0. The van der Waals surface area contributed by atoms with E-state index in [0.717, 1.165) is 13.1 Å². The summed E-state index contributed by atoms with van der Waals surface area (Å²) in [6.07, 6.45) is 19.0. The van der Waals surface area contributed by atoms with Gasteiger partial charge in [-0.1, -0.05) is 53.4 Å². The Hall–Kier alpha value is -1.58. The fourth-order valence-electron chi connectivity index (χ4n) is 1.52. The van der Waals surface area contributed by atoms with E-state index in [9.17, 15) is 0 Å². The van der Waals surface area contributed by atoms with Gasteiger partial charge in [0.2, 0.25) is 0 Å². The van der Waals surface area contributed by atoms with Gasteiger partial charge in [0, 0.05) is 37.9 Å². The van der Waals surface area contributed by atoms with E-state index in [1.165, 1.54) is 38.5 Å². The molecule has 126 valence electrons. The van der Waals surface area contributed by atoms with Crippen molar-refractivity contribution >= 4 is 0 Å². The number of hydrogen-bond acceptors (Lipinski definition) is 2. The quantitative estimate of drug-likeness (QED) is 0.707. The summed E-state index contributed by atoms with van der Waals surface area (Å²) in [5.41, 5.74) is 0. The number of rotatable bonds is 7. The van der Waals surface area contributed by atoms with Crippen molar-refractivity contribution in [3.05, 3.63) is 37.4 Å². The lowest BCUT2D eigenvalue weighted by Crippen LogP contribution is -1.92. The molecule has 0 radical (unpaired) electrons. The first-order chi connectivity index (χ1) is 10.8. The molecule has 0 aliphatic rings. The number of nitrogens with zero attached hydrogens (tertiary/aromatic N) is 4. The highest BCUT2D eigenvalue weighted by molar-refractivity contribution is 4.73. The Labute approximate surface area is 136 Å². The zero-order valence-corrected chi connectivity index (χ0v) is 14.9. The third kappa shape index (κ3) is 12.2. The van der Waals surface area contributed by atoms with Gasteiger partial charge in [-0.15, -0.1) is 0 Å². The van der Waals surface area contributed by atoms with Gasteiger partial charge in [-0.2, -0.15) is 0 Å². The molecule has 0 aromatic carbocycles. The Morgan fingerprint density at radius 3 is 1.27 bits per heavy atom. The summed E-state index contributed by atoms with van der Waals surface area (Å²) in [6, 6.07) is 0. The Bertz CT molecular complexity index is 352. The molecule has 0 fully saturated rings. The molecule has 2 aromatic heterocycles. The molecule has 0 N–H and O–H groups in total. The maximum absolute atomic E-state index is 3.94.